The number of hydrogen-bond acceptors (Lipinski definition) is 3. The van der Waals surface area contributed by atoms with Gasteiger partial charge in [-0.1, -0.05) is 6.07 Å². The summed E-state index contributed by atoms with van der Waals surface area (Å²) >= 11 is 0. The molecule has 7 heteroatoms. The van der Waals surface area contributed by atoms with Gasteiger partial charge in [0.15, 0.2) is 0 Å². The molecule has 2 N–H and O–H groups in total. The number of halogens is 1. The van der Waals surface area contributed by atoms with Crippen molar-refractivity contribution in [2.45, 2.75) is 20.3 Å². The minimum atomic E-state index is -1.13. The monoisotopic (exact) mass is 372 g/mol. The van der Waals surface area contributed by atoms with Gasteiger partial charge in [0.05, 0.1) is 6.42 Å². The Morgan fingerprint density at radius 3 is 2.11 bits per heavy atom. The Bertz CT molecular complexity index is 846. The SMILES string of the molecule is CCN(CC)C(=O)c1ccc(C(=O)Nc2ccc(CC(=O)O)c(F)c2)cc1. The minimum Gasteiger partial charge on any atom is -0.481 e. The topological polar surface area (TPSA) is 86.7 Å². The van der Waals surface area contributed by atoms with Crippen LogP contribution in [0.1, 0.15) is 40.1 Å². The highest BCUT2D eigenvalue weighted by Crippen LogP contribution is 2.17. The zero-order valence-corrected chi connectivity index (χ0v) is 15.2. The Hall–Kier alpha value is -3.22. The maximum Gasteiger partial charge on any atom is 0.307 e. The molecule has 0 bridgehead atoms. The van der Waals surface area contributed by atoms with Crippen molar-refractivity contribution in [3.05, 3.63) is 65.0 Å². The van der Waals surface area contributed by atoms with E-state index < -0.39 is 24.1 Å². The fraction of sp³-hybridized carbons (Fsp3) is 0.250. The van der Waals surface area contributed by atoms with Crippen molar-refractivity contribution in [1.29, 1.82) is 0 Å². The van der Waals surface area contributed by atoms with Crippen LogP contribution in [0.4, 0.5) is 10.1 Å². The minimum absolute atomic E-state index is 0.0415. The van der Waals surface area contributed by atoms with Gasteiger partial charge in [-0.05, 0) is 55.8 Å². The molecule has 0 unspecified atom stereocenters. The summed E-state index contributed by atoms with van der Waals surface area (Å²) < 4.78 is 13.9. The quantitative estimate of drug-likeness (QED) is 0.781. The molecule has 27 heavy (non-hydrogen) atoms. The van der Waals surface area contributed by atoms with Crippen LogP contribution in [0.25, 0.3) is 0 Å². The Labute approximate surface area is 156 Å². The molecule has 2 amide bonds. The molecule has 0 atom stereocenters. The summed E-state index contributed by atoms with van der Waals surface area (Å²) in [5.41, 5.74) is 1.06. The lowest BCUT2D eigenvalue weighted by molar-refractivity contribution is -0.136. The zero-order valence-electron chi connectivity index (χ0n) is 15.2. The first kappa shape index (κ1) is 20.1. The standard InChI is InChI=1S/C20H21FN2O4/c1-3-23(4-2)20(27)14-7-5-13(6-8-14)19(26)22-16-10-9-15(11-18(24)25)17(21)12-16/h5-10,12H,3-4,11H2,1-2H3,(H,22,26)(H,24,25). The van der Waals surface area contributed by atoms with Crippen LogP contribution in [-0.4, -0.2) is 40.9 Å². The van der Waals surface area contributed by atoms with Gasteiger partial charge in [-0.25, -0.2) is 4.39 Å². The number of carbonyl (C=O) groups is 3. The van der Waals surface area contributed by atoms with Crippen molar-refractivity contribution < 1.29 is 23.9 Å². The van der Waals surface area contributed by atoms with E-state index in [1.54, 1.807) is 17.0 Å². The highest BCUT2D eigenvalue weighted by atomic mass is 19.1. The normalized spacial score (nSPS) is 10.3. The summed E-state index contributed by atoms with van der Waals surface area (Å²) in [6.07, 6.45) is -0.428. The highest BCUT2D eigenvalue weighted by molar-refractivity contribution is 6.05. The summed E-state index contributed by atoms with van der Waals surface area (Å²) in [5.74, 6) is -2.40. The Morgan fingerprint density at radius 1 is 1.00 bits per heavy atom. The molecule has 2 rings (SSSR count). The van der Waals surface area contributed by atoms with Crippen LogP contribution in [-0.2, 0) is 11.2 Å². The fourth-order valence-electron chi connectivity index (χ4n) is 2.59. The van der Waals surface area contributed by atoms with Crippen molar-refractivity contribution in [2.75, 3.05) is 18.4 Å². The van der Waals surface area contributed by atoms with Gasteiger partial charge in [0.1, 0.15) is 5.82 Å². The second-order valence-electron chi connectivity index (χ2n) is 5.89. The third kappa shape index (κ3) is 5.13. The van der Waals surface area contributed by atoms with Gasteiger partial charge in [-0.2, -0.15) is 0 Å². The summed E-state index contributed by atoms with van der Waals surface area (Å²) in [7, 11) is 0. The van der Waals surface area contributed by atoms with Crippen LogP contribution < -0.4 is 5.32 Å². The third-order valence-electron chi connectivity index (χ3n) is 4.10. The molecule has 142 valence electrons. The second-order valence-corrected chi connectivity index (χ2v) is 5.89. The number of anilines is 1. The maximum atomic E-state index is 13.9. The lowest BCUT2D eigenvalue weighted by atomic mass is 10.1. The fourth-order valence-corrected chi connectivity index (χ4v) is 2.59. The third-order valence-corrected chi connectivity index (χ3v) is 4.10. The van der Waals surface area contributed by atoms with Crippen LogP contribution in [0, 0.1) is 5.82 Å². The number of nitrogens with one attached hydrogen (secondary N) is 1. The van der Waals surface area contributed by atoms with Crippen LogP contribution in [0.3, 0.4) is 0 Å². The first-order valence-corrected chi connectivity index (χ1v) is 8.56. The number of aliphatic carboxylic acids is 1. The molecule has 0 aliphatic heterocycles. The Kier molecular flexibility index (Phi) is 6.65. The number of carboxylic acids is 1. The first-order valence-electron chi connectivity index (χ1n) is 8.56. The summed E-state index contributed by atoms with van der Waals surface area (Å²) in [4.78, 5) is 36.9. The average molecular weight is 372 g/mol. The number of carbonyl (C=O) groups excluding carboxylic acids is 2. The largest absolute Gasteiger partial charge is 0.481 e. The van der Waals surface area contributed by atoms with E-state index in [-0.39, 0.29) is 17.2 Å². The zero-order chi connectivity index (χ0) is 20.0. The van der Waals surface area contributed by atoms with Gasteiger partial charge in [0, 0.05) is 29.9 Å². The molecule has 2 aromatic carbocycles. The van der Waals surface area contributed by atoms with Gasteiger partial charge < -0.3 is 15.3 Å². The number of rotatable bonds is 7. The molecular weight excluding hydrogens is 351 g/mol. The molecular formula is C20H21FN2O4. The average Bonchev–Trinajstić information content (AvgIpc) is 2.64. The molecule has 6 nitrogen and oxygen atoms in total. The van der Waals surface area contributed by atoms with Crippen molar-refractivity contribution >= 4 is 23.5 Å². The predicted octanol–water partition coefficient (Wildman–Crippen LogP) is 3.19. The molecule has 0 saturated carbocycles. The van der Waals surface area contributed by atoms with Crippen molar-refractivity contribution in [3.63, 3.8) is 0 Å². The van der Waals surface area contributed by atoms with Gasteiger partial charge in [-0.3, -0.25) is 14.4 Å². The van der Waals surface area contributed by atoms with E-state index in [0.717, 1.165) is 6.07 Å². The highest BCUT2D eigenvalue weighted by Gasteiger charge is 2.14. The van der Waals surface area contributed by atoms with E-state index in [0.29, 0.717) is 24.2 Å². The lowest BCUT2D eigenvalue weighted by Gasteiger charge is -2.18. The summed E-state index contributed by atoms with van der Waals surface area (Å²) in [5, 5.41) is 11.3. The van der Waals surface area contributed by atoms with Gasteiger partial charge in [-0.15, -0.1) is 0 Å². The van der Waals surface area contributed by atoms with E-state index in [1.165, 1.54) is 24.3 Å². The second kappa shape index (κ2) is 8.93. The maximum absolute atomic E-state index is 13.9. The number of nitrogens with zero attached hydrogens (tertiary/aromatic N) is 1. The number of carboxylic acid groups (broad SMARTS) is 1. The van der Waals surface area contributed by atoms with E-state index >= 15 is 0 Å². The van der Waals surface area contributed by atoms with Crippen LogP contribution in [0.5, 0.6) is 0 Å². The van der Waals surface area contributed by atoms with Crippen LogP contribution in [0.15, 0.2) is 42.5 Å². The molecule has 0 radical (unpaired) electrons. The van der Waals surface area contributed by atoms with E-state index in [2.05, 4.69) is 5.32 Å². The molecule has 0 heterocycles. The number of hydrogen-bond donors (Lipinski definition) is 2. The van der Waals surface area contributed by atoms with Gasteiger partial charge in [0.25, 0.3) is 11.8 Å². The van der Waals surface area contributed by atoms with E-state index in [9.17, 15) is 18.8 Å². The number of benzene rings is 2. The first-order chi connectivity index (χ1) is 12.8. The molecule has 2 aromatic rings. The molecule has 0 aromatic heterocycles. The Morgan fingerprint density at radius 2 is 1.59 bits per heavy atom. The molecule has 0 fully saturated rings. The molecule has 0 saturated heterocycles. The molecule has 0 aliphatic rings. The molecule has 0 spiro atoms. The van der Waals surface area contributed by atoms with Crippen molar-refractivity contribution in [2.24, 2.45) is 0 Å². The molecule has 0 aliphatic carbocycles. The van der Waals surface area contributed by atoms with Crippen molar-refractivity contribution in [1.82, 2.24) is 4.90 Å². The van der Waals surface area contributed by atoms with Crippen molar-refractivity contribution in [3.8, 4) is 0 Å². The predicted molar refractivity (Wildman–Crippen MR) is 99.4 cm³/mol. The van der Waals surface area contributed by atoms with Gasteiger partial charge in [0.2, 0.25) is 0 Å². The van der Waals surface area contributed by atoms with E-state index in [4.69, 9.17) is 5.11 Å². The van der Waals surface area contributed by atoms with Crippen LogP contribution >= 0.6 is 0 Å². The smallest absolute Gasteiger partial charge is 0.307 e. The Balaban J connectivity index is 2.09. The number of amides is 2. The van der Waals surface area contributed by atoms with Crippen LogP contribution in [0.2, 0.25) is 0 Å². The van der Waals surface area contributed by atoms with E-state index in [1.807, 2.05) is 13.8 Å². The lowest BCUT2D eigenvalue weighted by Crippen LogP contribution is -2.30. The summed E-state index contributed by atoms with van der Waals surface area (Å²) in [6, 6.07) is 10.1. The summed E-state index contributed by atoms with van der Waals surface area (Å²) in [6.45, 7) is 4.98. The van der Waals surface area contributed by atoms with Gasteiger partial charge >= 0.3 is 5.97 Å².